The topological polar surface area (TPSA) is 76.0 Å². The molecule has 3 rings (SSSR count). The van der Waals surface area contributed by atoms with Gasteiger partial charge in [0.2, 0.25) is 0 Å². The number of nitrogens with one attached hydrogen (secondary N) is 2. The molecule has 2 aromatic carbocycles. The van der Waals surface area contributed by atoms with E-state index in [1.165, 1.54) is 6.20 Å². The molecule has 1 heterocycles. The highest BCUT2D eigenvalue weighted by Gasteiger charge is 2.17. The van der Waals surface area contributed by atoms with Crippen LogP contribution in [0, 0.1) is 6.92 Å². The lowest BCUT2D eigenvalue weighted by Gasteiger charge is -2.08. The molecule has 0 atom stereocenters. The first kappa shape index (κ1) is 16.7. The van der Waals surface area contributed by atoms with Crippen LogP contribution in [0.2, 0.25) is 5.02 Å². The number of aromatic nitrogens is 2. The average molecular weight is 355 g/mol. The minimum absolute atomic E-state index is 0.318. The van der Waals surface area contributed by atoms with Crippen LogP contribution in [0.1, 0.15) is 16.1 Å². The zero-order valence-corrected chi connectivity index (χ0v) is 14.1. The third-order valence-electron chi connectivity index (χ3n) is 3.60. The lowest BCUT2D eigenvalue weighted by atomic mass is 10.2. The van der Waals surface area contributed by atoms with Crippen molar-refractivity contribution in [1.29, 1.82) is 0 Å². The van der Waals surface area contributed by atoms with E-state index in [4.69, 9.17) is 11.6 Å². The molecule has 7 heteroatoms. The third-order valence-corrected chi connectivity index (χ3v) is 3.93. The van der Waals surface area contributed by atoms with Crippen LogP contribution in [-0.4, -0.2) is 21.7 Å². The number of hydrogen-bond acceptors (Lipinski definition) is 3. The van der Waals surface area contributed by atoms with Crippen molar-refractivity contribution < 1.29 is 9.59 Å². The smallest absolute Gasteiger partial charge is 0.306 e. The Kier molecular flexibility index (Phi) is 4.81. The molecule has 0 aliphatic carbocycles. The van der Waals surface area contributed by atoms with E-state index in [2.05, 4.69) is 15.7 Å². The van der Waals surface area contributed by atoms with Crippen LogP contribution in [0.25, 0.3) is 5.69 Å². The summed E-state index contributed by atoms with van der Waals surface area (Å²) in [7, 11) is 0. The molecule has 0 saturated heterocycles. The van der Waals surface area contributed by atoms with Crippen molar-refractivity contribution in [3.05, 3.63) is 77.1 Å². The molecule has 0 fully saturated rings. The first-order chi connectivity index (χ1) is 12.1. The molecule has 3 amide bonds. The lowest BCUT2D eigenvalue weighted by Crippen LogP contribution is -2.34. The molecule has 0 aliphatic rings. The van der Waals surface area contributed by atoms with E-state index in [1.807, 2.05) is 30.3 Å². The molecule has 126 valence electrons. The Labute approximate surface area is 149 Å². The van der Waals surface area contributed by atoms with Crippen molar-refractivity contribution in [2.45, 2.75) is 6.92 Å². The van der Waals surface area contributed by atoms with Crippen molar-refractivity contribution in [2.24, 2.45) is 0 Å². The average Bonchev–Trinajstić information content (AvgIpc) is 2.99. The number of urea groups is 1. The molecular weight excluding hydrogens is 340 g/mol. The molecular formula is C18H15ClN4O2. The van der Waals surface area contributed by atoms with Crippen LogP contribution in [0.4, 0.5) is 10.5 Å². The summed E-state index contributed by atoms with van der Waals surface area (Å²) < 4.78 is 1.64. The monoisotopic (exact) mass is 354 g/mol. The van der Waals surface area contributed by atoms with Crippen LogP contribution in [0.3, 0.4) is 0 Å². The molecule has 0 radical (unpaired) electrons. The van der Waals surface area contributed by atoms with Gasteiger partial charge >= 0.3 is 6.03 Å². The Bertz CT molecular complexity index is 922. The number of carbonyl (C=O) groups is 2. The zero-order chi connectivity index (χ0) is 17.8. The number of hydrogen-bond donors (Lipinski definition) is 2. The Balaban J connectivity index is 1.73. The third kappa shape index (κ3) is 3.70. The van der Waals surface area contributed by atoms with Gasteiger partial charge in [-0.25, -0.2) is 9.48 Å². The van der Waals surface area contributed by atoms with Gasteiger partial charge in [-0.3, -0.25) is 10.1 Å². The summed E-state index contributed by atoms with van der Waals surface area (Å²) in [4.78, 5) is 24.3. The van der Waals surface area contributed by atoms with Gasteiger partial charge in [0.1, 0.15) is 0 Å². The first-order valence-electron chi connectivity index (χ1n) is 7.53. The number of rotatable bonds is 3. The van der Waals surface area contributed by atoms with Gasteiger partial charge in [0.25, 0.3) is 5.91 Å². The number of imide groups is 1. The largest absolute Gasteiger partial charge is 0.326 e. The summed E-state index contributed by atoms with van der Waals surface area (Å²) in [6.45, 7) is 1.76. The van der Waals surface area contributed by atoms with Crippen LogP contribution < -0.4 is 10.6 Å². The number of nitrogens with zero attached hydrogens (tertiary/aromatic N) is 2. The Morgan fingerprint density at radius 2 is 1.72 bits per heavy atom. The summed E-state index contributed by atoms with van der Waals surface area (Å²) in [5, 5.41) is 9.42. The first-order valence-corrected chi connectivity index (χ1v) is 7.91. The zero-order valence-electron chi connectivity index (χ0n) is 13.4. The van der Waals surface area contributed by atoms with Crippen LogP contribution in [-0.2, 0) is 0 Å². The van der Waals surface area contributed by atoms with E-state index < -0.39 is 11.9 Å². The molecule has 0 unspecified atom stereocenters. The van der Waals surface area contributed by atoms with Crippen molar-refractivity contribution in [1.82, 2.24) is 15.1 Å². The molecule has 1 aromatic heterocycles. The predicted molar refractivity (Wildman–Crippen MR) is 96.2 cm³/mol. The molecule has 0 spiro atoms. The maximum atomic E-state index is 12.3. The highest BCUT2D eigenvalue weighted by Crippen LogP contribution is 2.20. The maximum absolute atomic E-state index is 12.3. The Morgan fingerprint density at radius 3 is 2.44 bits per heavy atom. The fourth-order valence-electron chi connectivity index (χ4n) is 2.35. The lowest BCUT2D eigenvalue weighted by molar-refractivity contribution is 0.0966. The van der Waals surface area contributed by atoms with E-state index in [9.17, 15) is 9.59 Å². The van der Waals surface area contributed by atoms with Gasteiger partial charge in [-0.1, -0.05) is 41.9 Å². The summed E-state index contributed by atoms with van der Waals surface area (Å²) in [5.74, 6) is -0.538. The van der Waals surface area contributed by atoms with E-state index in [0.717, 1.165) is 5.69 Å². The van der Waals surface area contributed by atoms with Crippen LogP contribution in [0.15, 0.2) is 60.8 Å². The second kappa shape index (κ2) is 7.19. The van der Waals surface area contributed by atoms with Gasteiger partial charge in [0.15, 0.2) is 0 Å². The van der Waals surface area contributed by atoms with Gasteiger partial charge in [0, 0.05) is 0 Å². The van der Waals surface area contributed by atoms with E-state index in [0.29, 0.717) is 22.0 Å². The normalized spacial score (nSPS) is 10.3. The molecule has 6 nitrogen and oxygen atoms in total. The number of benzene rings is 2. The maximum Gasteiger partial charge on any atom is 0.326 e. The molecule has 0 bridgehead atoms. The highest BCUT2D eigenvalue weighted by molar-refractivity contribution is 6.33. The number of anilines is 1. The van der Waals surface area contributed by atoms with E-state index in [-0.39, 0.29) is 0 Å². The summed E-state index contributed by atoms with van der Waals surface area (Å²) in [5.41, 5.74) is 2.21. The van der Waals surface area contributed by atoms with Crippen molar-refractivity contribution in [2.75, 3.05) is 5.32 Å². The van der Waals surface area contributed by atoms with Gasteiger partial charge in [-0.2, -0.15) is 5.10 Å². The molecule has 3 aromatic rings. The summed E-state index contributed by atoms with van der Waals surface area (Å²) >= 11 is 5.98. The minimum Gasteiger partial charge on any atom is -0.306 e. The highest BCUT2D eigenvalue weighted by atomic mass is 35.5. The minimum atomic E-state index is -0.662. The fourth-order valence-corrected chi connectivity index (χ4v) is 2.53. The second-order valence-electron chi connectivity index (χ2n) is 5.28. The molecule has 0 aliphatic heterocycles. The van der Waals surface area contributed by atoms with Crippen molar-refractivity contribution in [3.8, 4) is 5.69 Å². The summed E-state index contributed by atoms with van der Waals surface area (Å²) in [6, 6.07) is 15.5. The quantitative estimate of drug-likeness (QED) is 0.751. The van der Waals surface area contributed by atoms with E-state index >= 15 is 0 Å². The molecule has 25 heavy (non-hydrogen) atoms. The summed E-state index contributed by atoms with van der Waals surface area (Å²) in [6.07, 6.45) is 1.43. The molecule has 2 N–H and O–H groups in total. The van der Waals surface area contributed by atoms with E-state index in [1.54, 1.807) is 35.9 Å². The predicted octanol–water partition coefficient (Wildman–Crippen LogP) is 3.80. The van der Waals surface area contributed by atoms with Crippen LogP contribution >= 0.6 is 11.6 Å². The van der Waals surface area contributed by atoms with Gasteiger partial charge < -0.3 is 5.32 Å². The van der Waals surface area contributed by atoms with Gasteiger partial charge in [-0.15, -0.1) is 0 Å². The van der Waals surface area contributed by atoms with Gasteiger partial charge in [-0.05, 0) is 31.2 Å². The Hall–Kier alpha value is -3.12. The molecule has 0 saturated carbocycles. The van der Waals surface area contributed by atoms with Crippen molar-refractivity contribution in [3.63, 3.8) is 0 Å². The fraction of sp³-hybridized carbons (Fsp3) is 0.0556. The second-order valence-corrected chi connectivity index (χ2v) is 5.69. The number of amides is 3. The standard InChI is InChI=1S/C18H15ClN4O2/c1-12-14(11-20-23(12)13-7-3-2-4-8-13)17(24)22-18(25)21-16-10-6-5-9-15(16)19/h2-11H,1H3,(H2,21,22,24,25). The SMILES string of the molecule is Cc1c(C(=O)NC(=O)Nc2ccccc2Cl)cnn1-c1ccccc1. The Morgan fingerprint density at radius 1 is 1.04 bits per heavy atom. The van der Waals surface area contributed by atoms with Crippen LogP contribution in [0.5, 0.6) is 0 Å². The number of halogens is 1. The number of carbonyl (C=O) groups excluding carboxylic acids is 2. The van der Waals surface area contributed by atoms with Crippen molar-refractivity contribution >= 4 is 29.2 Å². The van der Waals surface area contributed by atoms with Gasteiger partial charge in [0.05, 0.1) is 33.9 Å². The number of para-hydroxylation sites is 2.